The van der Waals surface area contributed by atoms with Crippen LogP contribution in [0.2, 0.25) is 0 Å². The van der Waals surface area contributed by atoms with Gasteiger partial charge in [0, 0.05) is 10.0 Å². The third-order valence-electron chi connectivity index (χ3n) is 2.36. The zero-order valence-corrected chi connectivity index (χ0v) is 13.7. The van der Waals surface area contributed by atoms with Crippen molar-refractivity contribution in [2.45, 2.75) is 19.4 Å². The summed E-state index contributed by atoms with van der Waals surface area (Å²) < 4.78 is 1.42. The lowest BCUT2D eigenvalue weighted by molar-refractivity contribution is -0.120. The Bertz CT molecular complexity index is 430. The largest absolute Gasteiger partial charge is 0.506 e. The van der Waals surface area contributed by atoms with Gasteiger partial charge in [0.1, 0.15) is 5.75 Å². The molecule has 0 bridgehead atoms. The number of phenols is 1. The van der Waals surface area contributed by atoms with Crippen molar-refractivity contribution >= 4 is 50.2 Å². The standard InChI is InChI=1S/C11H14Br2N2O2.ClH/c1-2-9(15-10(16)5-14)7-3-6(12)4-8(13)11(7)17;/h3-4,9,17H,2,5,14H2,1H3,(H,15,16);1H. The molecule has 7 heteroatoms. The molecule has 1 unspecified atom stereocenters. The number of nitrogens with one attached hydrogen (secondary N) is 1. The monoisotopic (exact) mass is 400 g/mol. The van der Waals surface area contributed by atoms with E-state index < -0.39 is 0 Å². The average Bonchev–Trinajstić information content (AvgIpc) is 2.30. The third kappa shape index (κ3) is 4.42. The second kappa shape index (κ2) is 7.99. The van der Waals surface area contributed by atoms with Crippen LogP contribution < -0.4 is 11.1 Å². The van der Waals surface area contributed by atoms with Crippen molar-refractivity contribution in [2.24, 2.45) is 5.73 Å². The number of nitrogens with two attached hydrogens (primary N) is 1. The Labute approximate surface area is 129 Å². The minimum absolute atomic E-state index is 0. The van der Waals surface area contributed by atoms with E-state index in [1.54, 1.807) is 12.1 Å². The van der Waals surface area contributed by atoms with E-state index in [0.29, 0.717) is 16.5 Å². The van der Waals surface area contributed by atoms with Gasteiger partial charge in [-0.3, -0.25) is 4.79 Å². The van der Waals surface area contributed by atoms with Gasteiger partial charge in [0.15, 0.2) is 0 Å². The first-order valence-corrected chi connectivity index (χ1v) is 6.75. The van der Waals surface area contributed by atoms with Crippen molar-refractivity contribution < 1.29 is 9.90 Å². The molecule has 0 radical (unpaired) electrons. The van der Waals surface area contributed by atoms with Crippen LogP contribution in [0.4, 0.5) is 0 Å². The van der Waals surface area contributed by atoms with Crippen molar-refractivity contribution in [2.75, 3.05) is 6.54 Å². The Balaban J connectivity index is 0.00000289. The number of amides is 1. The van der Waals surface area contributed by atoms with E-state index in [0.717, 1.165) is 4.47 Å². The van der Waals surface area contributed by atoms with E-state index in [4.69, 9.17) is 5.73 Å². The van der Waals surface area contributed by atoms with Crippen LogP contribution >= 0.6 is 44.3 Å². The van der Waals surface area contributed by atoms with E-state index >= 15 is 0 Å². The fourth-order valence-corrected chi connectivity index (χ4v) is 2.76. The maximum absolute atomic E-state index is 11.3. The molecule has 1 atom stereocenters. The van der Waals surface area contributed by atoms with Crippen LogP contribution in [0.15, 0.2) is 21.1 Å². The molecule has 18 heavy (non-hydrogen) atoms. The first-order valence-electron chi connectivity index (χ1n) is 5.16. The Hall–Kier alpha value is -0.300. The SMILES string of the molecule is CCC(NC(=O)CN)c1cc(Br)cc(Br)c1O.Cl. The second-order valence-corrected chi connectivity index (χ2v) is 5.33. The number of benzene rings is 1. The summed E-state index contributed by atoms with van der Waals surface area (Å²) in [6.45, 7) is 1.86. The molecule has 1 amide bonds. The van der Waals surface area contributed by atoms with Crippen LogP contribution in [0.3, 0.4) is 0 Å². The zero-order chi connectivity index (χ0) is 13.0. The van der Waals surface area contributed by atoms with Gasteiger partial charge in [-0.1, -0.05) is 22.9 Å². The van der Waals surface area contributed by atoms with Gasteiger partial charge in [-0.25, -0.2) is 0 Å². The number of carbonyl (C=O) groups excluding carboxylic acids is 1. The van der Waals surface area contributed by atoms with Gasteiger partial charge in [-0.15, -0.1) is 12.4 Å². The van der Waals surface area contributed by atoms with E-state index in [1.165, 1.54) is 0 Å². The normalized spacial score (nSPS) is 11.6. The van der Waals surface area contributed by atoms with Crippen LogP contribution in [-0.4, -0.2) is 17.6 Å². The Kier molecular flexibility index (Phi) is 7.86. The fraction of sp³-hybridized carbons (Fsp3) is 0.364. The molecule has 0 saturated heterocycles. The lowest BCUT2D eigenvalue weighted by Crippen LogP contribution is -2.33. The minimum atomic E-state index is -0.250. The minimum Gasteiger partial charge on any atom is -0.506 e. The van der Waals surface area contributed by atoms with Crippen LogP contribution in [0.1, 0.15) is 24.9 Å². The molecular formula is C11H15Br2ClN2O2. The highest BCUT2D eigenvalue weighted by atomic mass is 79.9. The molecule has 1 aromatic rings. The van der Waals surface area contributed by atoms with Crippen molar-refractivity contribution in [3.8, 4) is 5.75 Å². The molecule has 0 saturated carbocycles. The van der Waals surface area contributed by atoms with Crippen LogP contribution in [0.5, 0.6) is 5.75 Å². The molecule has 102 valence electrons. The molecule has 1 aromatic carbocycles. The number of carbonyl (C=O) groups is 1. The summed E-state index contributed by atoms with van der Waals surface area (Å²) in [5.74, 6) is -0.107. The van der Waals surface area contributed by atoms with Crippen LogP contribution in [0.25, 0.3) is 0 Å². The summed E-state index contributed by atoms with van der Waals surface area (Å²) in [7, 11) is 0. The van der Waals surface area contributed by atoms with Gasteiger partial charge in [-0.05, 0) is 34.5 Å². The van der Waals surface area contributed by atoms with Crippen molar-refractivity contribution in [1.82, 2.24) is 5.32 Å². The fourth-order valence-electron chi connectivity index (χ4n) is 1.50. The van der Waals surface area contributed by atoms with Crippen molar-refractivity contribution in [1.29, 1.82) is 0 Å². The van der Waals surface area contributed by atoms with Gasteiger partial charge < -0.3 is 16.2 Å². The number of hydrogen-bond acceptors (Lipinski definition) is 3. The molecule has 0 heterocycles. The zero-order valence-electron chi connectivity index (χ0n) is 9.74. The highest BCUT2D eigenvalue weighted by Crippen LogP contribution is 2.36. The topological polar surface area (TPSA) is 75.4 Å². The Morgan fingerprint density at radius 2 is 2.11 bits per heavy atom. The molecule has 0 aliphatic rings. The summed E-state index contributed by atoms with van der Waals surface area (Å²) in [5.41, 5.74) is 5.92. The number of rotatable bonds is 4. The molecule has 4 nitrogen and oxygen atoms in total. The summed E-state index contributed by atoms with van der Waals surface area (Å²) in [5, 5.41) is 12.7. The highest BCUT2D eigenvalue weighted by Gasteiger charge is 2.18. The molecular weight excluding hydrogens is 387 g/mol. The number of aromatic hydroxyl groups is 1. The predicted octanol–water partition coefficient (Wildman–Crippen LogP) is 2.87. The maximum Gasteiger partial charge on any atom is 0.234 e. The summed E-state index contributed by atoms with van der Waals surface area (Å²) >= 11 is 6.61. The van der Waals surface area contributed by atoms with Gasteiger partial charge >= 0.3 is 0 Å². The third-order valence-corrected chi connectivity index (χ3v) is 3.42. The first kappa shape index (κ1) is 17.7. The molecule has 0 fully saturated rings. The van der Waals surface area contributed by atoms with Crippen molar-refractivity contribution in [3.05, 3.63) is 26.6 Å². The number of hydrogen-bond donors (Lipinski definition) is 3. The molecule has 4 N–H and O–H groups in total. The lowest BCUT2D eigenvalue weighted by Gasteiger charge is -2.19. The highest BCUT2D eigenvalue weighted by molar-refractivity contribution is 9.11. The van der Waals surface area contributed by atoms with Gasteiger partial charge in [0.25, 0.3) is 0 Å². The lowest BCUT2D eigenvalue weighted by atomic mass is 10.0. The summed E-state index contributed by atoms with van der Waals surface area (Å²) in [6.07, 6.45) is 0.669. The second-order valence-electron chi connectivity index (χ2n) is 3.56. The average molecular weight is 403 g/mol. The Morgan fingerprint density at radius 3 is 2.61 bits per heavy atom. The van der Waals surface area contributed by atoms with Gasteiger partial charge in [0.2, 0.25) is 5.91 Å². The summed E-state index contributed by atoms with van der Waals surface area (Å²) in [4.78, 5) is 11.3. The van der Waals surface area contributed by atoms with Crippen LogP contribution in [0, 0.1) is 0 Å². The number of phenolic OH excluding ortho intramolecular Hbond substituents is 1. The Morgan fingerprint density at radius 1 is 1.50 bits per heavy atom. The number of halogens is 3. The first-order chi connectivity index (χ1) is 7.99. The smallest absolute Gasteiger partial charge is 0.234 e. The van der Waals surface area contributed by atoms with E-state index in [9.17, 15) is 9.90 Å². The van der Waals surface area contributed by atoms with Gasteiger partial charge in [0.05, 0.1) is 17.1 Å². The molecule has 1 rings (SSSR count). The van der Waals surface area contributed by atoms with Gasteiger partial charge in [-0.2, -0.15) is 0 Å². The van der Waals surface area contributed by atoms with E-state index in [-0.39, 0.29) is 36.7 Å². The van der Waals surface area contributed by atoms with Crippen LogP contribution in [-0.2, 0) is 4.79 Å². The molecule has 0 aliphatic carbocycles. The molecule has 0 spiro atoms. The van der Waals surface area contributed by atoms with E-state index in [2.05, 4.69) is 37.2 Å². The van der Waals surface area contributed by atoms with Crippen molar-refractivity contribution in [3.63, 3.8) is 0 Å². The molecule has 0 aromatic heterocycles. The maximum atomic E-state index is 11.3. The quantitative estimate of drug-likeness (QED) is 0.725. The molecule has 0 aliphatic heterocycles. The summed E-state index contributed by atoms with van der Waals surface area (Å²) in [6, 6.07) is 3.28. The van der Waals surface area contributed by atoms with E-state index in [1.807, 2.05) is 6.92 Å². The predicted molar refractivity (Wildman–Crippen MR) is 81.0 cm³/mol.